The molecular formula is C25H27F3N2O2. The molecule has 0 spiro atoms. The normalized spacial score (nSPS) is 18.9. The van der Waals surface area contributed by atoms with Crippen LogP contribution in [0.2, 0.25) is 0 Å². The van der Waals surface area contributed by atoms with E-state index >= 15 is 0 Å². The third-order valence-electron chi connectivity index (χ3n) is 5.73. The first-order chi connectivity index (χ1) is 15.0. The molecule has 3 aromatic rings. The number of amides is 1. The van der Waals surface area contributed by atoms with Crippen LogP contribution >= 0.6 is 0 Å². The number of hydrogen-bond acceptors (Lipinski definition) is 2. The van der Waals surface area contributed by atoms with E-state index in [1.165, 1.54) is 0 Å². The van der Waals surface area contributed by atoms with Crippen LogP contribution in [-0.4, -0.2) is 17.0 Å². The van der Waals surface area contributed by atoms with E-state index in [0.717, 1.165) is 47.1 Å². The molecule has 0 aliphatic heterocycles. The van der Waals surface area contributed by atoms with Crippen LogP contribution in [0.25, 0.3) is 10.9 Å². The fourth-order valence-corrected chi connectivity index (χ4v) is 4.02. The molecule has 0 radical (unpaired) electrons. The van der Waals surface area contributed by atoms with E-state index in [1.807, 2.05) is 39.0 Å². The van der Waals surface area contributed by atoms with Crippen molar-refractivity contribution in [2.45, 2.75) is 58.2 Å². The lowest BCUT2D eigenvalue weighted by molar-refractivity contribution is -0.137. The first kappa shape index (κ1) is 22.2. The molecule has 170 valence electrons. The van der Waals surface area contributed by atoms with E-state index in [0.29, 0.717) is 12.2 Å². The number of hydrogen-bond donors (Lipinski definition) is 2. The van der Waals surface area contributed by atoms with Crippen molar-refractivity contribution in [1.82, 2.24) is 4.98 Å². The number of rotatable bonds is 5. The second kappa shape index (κ2) is 8.19. The Labute approximate surface area is 185 Å². The number of ether oxygens (including phenoxy) is 1. The number of anilines is 1. The molecule has 1 saturated carbocycles. The van der Waals surface area contributed by atoms with E-state index in [2.05, 4.69) is 10.3 Å². The van der Waals surface area contributed by atoms with Crippen molar-refractivity contribution in [3.63, 3.8) is 0 Å². The minimum absolute atomic E-state index is 0.0117. The number of alkyl halides is 3. The first-order valence-electron chi connectivity index (χ1n) is 10.7. The van der Waals surface area contributed by atoms with Crippen molar-refractivity contribution in [3.05, 3.63) is 59.8 Å². The molecule has 1 fully saturated rings. The maximum Gasteiger partial charge on any atom is 0.416 e. The van der Waals surface area contributed by atoms with Gasteiger partial charge in [-0.05, 0) is 60.1 Å². The zero-order chi connectivity index (χ0) is 23.1. The summed E-state index contributed by atoms with van der Waals surface area (Å²) >= 11 is 0. The van der Waals surface area contributed by atoms with E-state index in [-0.39, 0.29) is 23.3 Å². The topological polar surface area (TPSA) is 54.1 Å². The molecule has 0 atom stereocenters. The summed E-state index contributed by atoms with van der Waals surface area (Å²) in [6.45, 7) is 6.05. The predicted molar refractivity (Wildman–Crippen MR) is 119 cm³/mol. The lowest BCUT2D eigenvalue weighted by atomic mass is 9.77. The number of H-pyrrole nitrogens is 1. The Balaban J connectivity index is 1.38. The van der Waals surface area contributed by atoms with Gasteiger partial charge in [-0.3, -0.25) is 4.79 Å². The highest BCUT2D eigenvalue weighted by molar-refractivity contribution is 6.02. The summed E-state index contributed by atoms with van der Waals surface area (Å²) in [7, 11) is 0. The zero-order valence-electron chi connectivity index (χ0n) is 18.3. The Bertz CT molecular complexity index is 1100. The molecule has 1 aliphatic carbocycles. The maximum atomic E-state index is 12.7. The van der Waals surface area contributed by atoms with Crippen LogP contribution in [-0.2, 0) is 11.0 Å². The molecule has 0 unspecified atom stereocenters. The average molecular weight is 444 g/mol. The molecule has 1 aromatic heterocycles. The summed E-state index contributed by atoms with van der Waals surface area (Å²) < 4.78 is 44.3. The lowest BCUT2D eigenvalue weighted by Gasteiger charge is -2.35. The monoisotopic (exact) mass is 444 g/mol. The van der Waals surface area contributed by atoms with Gasteiger partial charge in [-0.2, -0.15) is 13.2 Å². The summed E-state index contributed by atoms with van der Waals surface area (Å²) in [4.78, 5) is 15.5. The van der Waals surface area contributed by atoms with Crippen molar-refractivity contribution >= 4 is 22.5 Å². The van der Waals surface area contributed by atoms with E-state index in [1.54, 1.807) is 18.3 Å². The first-order valence-corrected chi connectivity index (χ1v) is 10.7. The van der Waals surface area contributed by atoms with Gasteiger partial charge in [0.15, 0.2) is 0 Å². The minimum Gasteiger partial charge on any atom is -0.490 e. The number of halogens is 3. The van der Waals surface area contributed by atoms with Crippen molar-refractivity contribution in [2.75, 3.05) is 5.32 Å². The van der Waals surface area contributed by atoms with Gasteiger partial charge in [0.2, 0.25) is 5.91 Å². The van der Waals surface area contributed by atoms with Gasteiger partial charge in [-0.15, -0.1) is 0 Å². The second-order valence-corrected chi connectivity index (χ2v) is 9.72. The highest BCUT2D eigenvalue weighted by Crippen LogP contribution is 2.41. The molecule has 4 rings (SSSR count). The van der Waals surface area contributed by atoms with E-state index in [9.17, 15) is 18.0 Å². The summed E-state index contributed by atoms with van der Waals surface area (Å²) in [5.74, 6) is 0.868. The highest BCUT2D eigenvalue weighted by Gasteiger charge is 2.34. The Morgan fingerprint density at radius 1 is 1.09 bits per heavy atom. The second-order valence-electron chi connectivity index (χ2n) is 9.72. The Morgan fingerprint density at radius 3 is 2.41 bits per heavy atom. The molecule has 1 heterocycles. The third-order valence-corrected chi connectivity index (χ3v) is 5.73. The van der Waals surface area contributed by atoms with E-state index < -0.39 is 11.7 Å². The van der Waals surface area contributed by atoms with Crippen LogP contribution < -0.4 is 10.1 Å². The SMILES string of the molecule is CC(C)(C)CC(=O)Nc1c[nH]c2ccc(O[C@H]3C[C@@H](c4ccc(C(F)(F)F)cc4)C3)cc12. The Hall–Kier alpha value is -2.96. The number of benzene rings is 2. The van der Waals surface area contributed by atoms with E-state index in [4.69, 9.17) is 4.74 Å². The van der Waals surface area contributed by atoms with Gasteiger partial charge < -0.3 is 15.0 Å². The molecule has 0 bridgehead atoms. The number of aromatic amines is 1. The Morgan fingerprint density at radius 2 is 1.78 bits per heavy atom. The summed E-state index contributed by atoms with van der Waals surface area (Å²) in [5.41, 5.74) is 1.80. The van der Waals surface area contributed by atoms with Crippen molar-refractivity contribution in [3.8, 4) is 5.75 Å². The maximum absolute atomic E-state index is 12.7. The standard InChI is InChI=1S/C25H27F3N2O2/c1-24(2,3)13-23(31)30-22-14-29-21-9-8-18(12-20(21)22)32-19-10-16(11-19)15-4-6-17(7-5-15)25(26,27)28/h4-9,12,14,16,19,29H,10-11,13H2,1-3H3,(H,30,31)/t16-,19+. The van der Waals surface area contributed by atoms with Crippen LogP contribution in [0.4, 0.5) is 18.9 Å². The smallest absolute Gasteiger partial charge is 0.416 e. The van der Waals surface area contributed by atoms with Crippen LogP contribution in [0, 0.1) is 5.41 Å². The molecule has 2 aromatic carbocycles. The molecule has 1 aliphatic rings. The summed E-state index contributed by atoms with van der Waals surface area (Å²) in [5, 5.41) is 3.85. The van der Waals surface area contributed by atoms with Crippen molar-refractivity contribution in [2.24, 2.45) is 5.41 Å². The number of aromatic nitrogens is 1. The largest absolute Gasteiger partial charge is 0.490 e. The molecule has 2 N–H and O–H groups in total. The van der Waals surface area contributed by atoms with Crippen LogP contribution in [0.1, 0.15) is 57.1 Å². The van der Waals surface area contributed by atoms with Crippen LogP contribution in [0.15, 0.2) is 48.7 Å². The predicted octanol–water partition coefficient (Wildman–Crippen LogP) is 6.89. The quantitative estimate of drug-likeness (QED) is 0.450. The molecule has 0 saturated heterocycles. The van der Waals surface area contributed by atoms with Gasteiger partial charge >= 0.3 is 6.18 Å². The Kier molecular flexibility index (Phi) is 5.69. The fraction of sp³-hybridized carbons (Fsp3) is 0.400. The average Bonchev–Trinajstić information content (AvgIpc) is 3.04. The number of carbonyl (C=O) groups is 1. The van der Waals surface area contributed by atoms with Gasteiger partial charge in [0.25, 0.3) is 0 Å². The summed E-state index contributed by atoms with van der Waals surface area (Å²) in [6, 6.07) is 11.1. The van der Waals surface area contributed by atoms with Crippen molar-refractivity contribution in [1.29, 1.82) is 0 Å². The van der Waals surface area contributed by atoms with Gasteiger partial charge in [-0.25, -0.2) is 0 Å². The van der Waals surface area contributed by atoms with Gasteiger partial charge in [0, 0.05) is 23.5 Å². The minimum atomic E-state index is -4.31. The van der Waals surface area contributed by atoms with Gasteiger partial charge in [0.1, 0.15) is 5.75 Å². The zero-order valence-corrected chi connectivity index (χ0v) is 18.3. The molecule has 7 heteroatoms. The molecule has 4 nitrogen and oxygen atoms in total. The fourth-order valence-electron chi connectivity index (χ4n) is 4.02. The number of fused-ring (bicyclic) bond motifs is 1. The molecule has 1 amide bonds. The third kappa shape index (κ3) is 5.09. The lowest BCUT2D eigenvalue weighted by Crippen LogP contribution is -2.32. The number of carbonyl (C=O) groups excluding carboxylic acids is 1. The van der Waals surface area contributed by atoms with Gasteiger partial charge in [-0.1, -0.05) is 32.9 Å². The number of nitrogens with one attached hydrogen (secondary N) is 2. The van der Waals surface area contributed by atoms with Gasteiger partial charge in [0.05, 0.1) is 17.4 Å². The molecule has 32 heavy (non-hydrogen) atoms. The summed E-state index contributed by atoms with van der Waals surface area (Å²) in [6.07, 6.45) is -0.594. The highest BCUT2D eigenvalue weighted by atomic mass is 19.4. The van der Waals surface area contributed by atoms with Crippen LogP contribution in [0.5, 0.6) is 5.75 Å². The van der Waals surface area contributed by atoms with Crippen molar-refractivity contribution < 1.29 is 22.7 Å². The van der Waals surface area contributed by atoms with Crippen LogP contribution in [0.3, 0.4) is 0 Å². The molecular weight excluding hydrogens is 417 g/mol.